The molecule has 0 saturated carbocycles. The number of methoxy groups -OCH3 is 1. The van der Waals surface area contributed by atoms with Gasteiger partial charge in [0.1, 0.15) is 5.69 Å². The van der Waals surface area contributed by atoms with E-state index in [0.717, 1.165) is 5.69 Å². The number of nitrogens with one attached hydrogen (secondary N) is 1. The third-order valence-electron chi connectivity index (χ3n) is 3.81. The summed E-state index contributed by atoms with van der Waals surface area (Å²) >= 11 is 0. The largest absolute Gasteiger partial charge is 0.465 e. The first-order valence-corrected chi connectivity index (χ1v) is 7.20. The molecule has 2 rings (SSSR count). The Morgan fingerprint density at radius 2 is 2.19 bits per heavy atom. The number of morpholine rings is 1. The molecular weight excluding hydrogens is 272 g/mol. The van der Waals surface area contributed by atoms with E-state index in [9.17, 15) is 9.59 Å². The predicted molar refractivity (Wildman–Crippen MR) is 77.6 cm³/mol. The van der Waals surface area contributed by atoms with Crippen molar-refractivity contribution in [2.75, 3.05) is 26.8 Å². The van der Waals surface area contributed by atoms with Gasteiger partial charge >= 0.3 is 5.97 Å². The number of aryl methyl sites for hydroxylation is 1. The normalized spacial score (nSPS) is 18.7. The van der Waals surface area contributed by atoms with Crippen LogP contribution in [0.3, 0.4) is 0 Å². The van der Waals surface area contributed by atoms with Gasteiger partial charge in [0.15, 0.2) is 0 Å². The second-order valence-corrected chi connectivity index (χ2v) is 5.26. The number of H-pyrrole nitrogens is 1. The molecule has 0 radical (unpaired) electrons. The van der Waals surface area contributed by atoms with Gasteiger partial charge in [-0.1, -0.05) is 6.92 Å². The zero-order chi connectivity index (χ0) is 15.6. The van der Waals surface area contributed by atoms with Crippen molar-refractivity contribution >= 4 is 11.9 Å². The summed E-state index contributed by atoms with van der Waals surface area (Å²) < 4.78 is 10.3. The van der Waals surface area contributed by atoms with Gasteiger partial charge in [0.25, 0.3) is 5.91 Å². The molecule has 1 aliphatic rings. The Bertz CT molecular complexity index is 550. The second kappa shape index (κ2) is 6.30. The number of carbonyl (C=O) groups excluding carboxylic acids is 2. The van der Waals surface area contributed by atoms with E-state index in [4.69, 9.17) is 9.47 Å². The minimum absolute atomic E-state index is 0.0312. The first-order chi connectivity index (χ1) is 9.99. The molecule has 1 atom stereocenters. The molecule has 1 fully saturated rings. The summed E-state index contributed by atoms with van der Waals surface area (Å²) in [7, 11) is 1.35. The first-order valence-electron chi connectivity index (χ1n) is 7.20. The van der Waals surface area contributed by atoms with Crippen molar-refractivity contribution in [3.05, 3.63) is 22.5 Å². The number of nitrogens with zero attached hydrogens (tertiary/aromatic N) is 1. The minimum atomic E-state index is -0.407. The van der Waals surface area contributed by atoms with E-state index in [1.165, 1.54) is 7.11 Å². The average Bonchev–Trinajstić information content (AvgIpc) is 2.82. The van der Waals surface area contributed by atoms with Crippen molar-refractivity contribution in [3.63, 3.8) is 0 Å². The van der Waals surface area contributed by atoms with Gasteiger partial charge in [0, 0.05) is 18.8 Å². The molecule has 1 aliphatic heterocycles. The molecule has 0 bridgehead atoms. The van der Waals surface area contributed by atoms with Crippen molar-refractivity contribution in [3.8, 4) is 0 Å². The lowest BCUT2D eigenvalue weighted by atomic mass is 10.1. The number of aromatic amines is 1. The fourth-order valence-corrected chi connectivity index (χ4v) is 2.68. The van der Waals surface area contributed by atoms with Crippen LogP contribution < -0.4 is 0 Å². The summed E-state index contributed by atoms with van der Waals surface area (Å²) in [5.41, 5.74) is 2.35. The van der Waals surface area contributed by atoms with Gasteiger partial charge in [-0.25, -0.2) is 4.79 Å². The highest BCUT2D eigenvalue weighted by atomic mass is 16.5. The maximum absolute atomic E-state index is 12.6. The molecule has 0 aliphatic carbocycles. The summed E-state index contributed by atoms with van der Waals surface area (Å²) in [4.78, 5) is 29.4. The van der Waals surface area contributed by atoms with Crippen molar-refractivity contribution in [2.24, 2.45) is 0 Å². The molecule has 6 heteroatoms. The quantitative estimate of drug-likeness (QED) is 0.858. The van der Waals surface area contributed by atoms with Crippen LogP contribution in [0.5, 0.6) is 0 Å². The maximum Gasteiger partial charge on any atom is 0.339 e. The molecule has 0 aromatic carbocycles. The highest BCUT2D eigenvalue weighted by Crippen LogP contribution is 2.22. The number of hydrogen-bond donors (Lipinski definition) is 1. The molecule has 6 nitrogen and oxygen atoms in total. The van der Waals surface area contributed by atoms with Crippen LogP contribution in [-0.4, -0.2) is 54.7 Å². The Labute approximate surface area is 124 Å². The maximum atomic E-state index is 12.6. The Morgan fingerprint density at radius 1 is 1.48 bits per heavy atom. The van der Waals surface area contributed by atoms with Gasteiger partial charge in [0.05, 0.1) is 25.4 Å². The number of esters is 1. The Morgan fingerprint density at radius 3 is 2.76 bits per heavy atom. The topological polar surface area (TPSA) is 71.6 Å². The van der Waals surface area contributed by atoms with Crippen LogP contribution in [0.4, 0.5) is 0 Å². The van der Waals surface area contributed by atoms with Gasteiger partial charge in [-0.3, -0.25) is 4.79 Å². The monoisotopic (exact) mass is 294 g/mol. The molecule has 116 valence electrons. The predicted octanol–water partition coefficient (Wildman–Crippen LogP) is 1.53. The Hall–Kier alpha value is -1.82. The van der Waals surface area contributed by atoms with Crippen LogP contribution in [-0.2, 0) is 15.9 Å². The number of hydrogen-bond acceptors (Lipinski definition) is 4. The van der Waals surface area contributed by atoms with Crippen LogP contribution >= 0.6 is 0 Å². The van der Waals surface area contributed by atoms with Crippen molar-refractivity contribution in [1.82, 2.24) is 9.88 Å². The minimum Gasteiger partial charge on any atom is -0.465 e. The van der Waals surface area contributed by atoms with Crippen LogP contribution in [0.1, 0.15) is 46.0 Å². The number of carbonyl (C=O) groups is 2. The van der Waals surface area contributed by atoms with E-state index in [2.05, 4.69) is 4.98 Å². The molecule has 1 amide bonds. The highest BCUT2D eigenvalue weighted by molar-refractivity contribution is 6.00. The number of ether oxygens (including phenoxy) is 2. The summed E-state index contributed by atoms with van der Waals surface area (Å²) in [5.74, 6) is -0.498. The number of rotatable bonds is 3. The smallest absolute Gasteiger partial charge is 0.339 e. The SMILES string of the molecule is CCc1[nH]c(C(=O)N2CCO[C@H](C)C2)c(C)c1C(=O)OC. The zero-order valence-electron chi connectivity index (χ0n) is 13.0. The van der Waals surface area contributed by atoms with Crippen molar-refractivity contribution in [1.29, 1.82) is 0 Å². The van der Waals surface area contributed by atoms with E-state index >= 15 is 0 Å². The van der Waals surface area contributed by atoms with E-state index in [1.54, 1.807) is 11.8 Å². The molecule has 1 aromatic rings. The molecule has 1 aromatic heterocycles. The van der Waals surface area contributed by atoms with E-state index in [0.29, 0.717) is 42.9 Å². The second-order valence-electron chi connectivity index (χ2n) is 5.26. The van der Waals surface area contributed by atoms with E-state index in [-0.39, 0.29) is 12.0 Å². The van der Waals surface area contributed by atoms with E-state index in [1.807, 2.05) is 13.8 Å². The first kappa shape index (κ1) is 15.6. The lowest BCUT2D eigenvalue weighted by molar-refractivity contribution is -0.0126. The molecule has 21 heavy (non-hydrogen) atoms. The summed E-state index contributed by atoms with van der Waals surface area (Å²) in [6.45, 7) is 7.32. The average molecular weight is 294 g/mol. The van der Waals surface area contributed by atoms with Crippen LogP contribution in [0, 0.1) is 6.92 Å². The van der Waals surface area contributed by atoms with Crippen LogP contribution in [0.25, 0.3) is 0 Å². The lowest BCUT2D eigenvalue weighted by Crippen LogP contribution is -2.44. The molecular formula is C15H22N2O4. The van der Waals surface area contributed by atoms with E-state index < -0.39 is 5.97 Å². The van der Waals surface area contributed by atoms with Gasteiger partial charge in [-0.05, 0) is 25.8 Å². The van der Waals surface area contributed by atoms with Gasteiger partial charge < -0.3 is 19.4 Å². The number of aromatic nitrogens is 1. The van der Waals surface area contributed by atoms with Gasteiger partial charge in [-0.2, -0.15) is 0 Å². The lowest BCUT2D eigenvalue weighted by Gasteiger charge is -2.31. The van der Waals surface area contributed by atoms with Crippen LogP contribution in [0.2, 0.25) is 0 Å². The standard InChI is InChI=1S/C15H22N2O4/c1-5-11-12(15(19)20-4)10(3)13(16-11)14(18)17-6-7-21-9(2)8-17/h9,16H,5-8H2,1-4H3/t9-/m1/s1. The third-order valence-corrected chi connectivity index (χ3v) is 3.81. The highest BCUT2D eigenvalue weighted by Gasteiger charge is 2.28. The van der Waals surface area contributed by atoms with Crippen LogP contribution in [0.15, 0.2) is 0 Å². The fourth-order valence-electron chi connectivity index (χ4n) is 2.68. The molecule has 0 spiro atoms. The fraction of sp³-hybridized carbons (Fsp3) is 0.600. The number of amides is 1. The summed E-state index contributed by atoms with van der Waals surface area (Å²) in [6.07, 6.45) is 0.668. The van der Waals surface area contributed by atoms with Gasteiger partial charge in [-0.15, -0.1) is 0 Å². The zero-order valence-corrected chi connectivity index (χ0v) is 13.0. The molecule has 2 heterocycles. The third kappa shape index (κ3) is 2.95. The molecule has 1 N–H and O–H groups in total. The van der Waals surface area contributed by atoms with Crippen molar-refractivity contribution in [2.45, 2.75) is 33.3 Å². The van der Waals surface area contributed by atoms with Crippen molar-refractivity contribution < 1.29 is 19.1 Å². The Balaban J connectivity index is 2.33. The Kier molecular flexibility index (Phi) is 4.67. The van der Waals surface area contributed by atoms with Gasteiger partial charge in [0.2, 0.25) is 0 Å². The summed E-state index contributed by atoms with van der Waals surface area (Å²) in [5, 5.41) is 0. The summed E-state index contributed by atoms with van der Waals surface area (Å²) in [6, 6.07) is 0. The molecule has 0 unspecified atom stereocenters. The molecule has 1 saturated heterocycles.